The van der Waals surface area contributed by atoms with Crippen LogP contribution in [0.15, 0.2) is 11.1 Å². The Labute approximate surface area is 128 Å². The highest BCUT2D eigenvalue weighted by atomic mass is 16.5. The molecule has 0 N–H and O–H groups in total. The van der Waals surface area contributed by atoms with E-state index >= 15 is 0 Å². The van der Waals surface area contributed by atoms with Gasteiger partial charge in [0.15, 0.2) is 6.04 Å². The van der Waals surface area contributed by atoms with Crippen LogP contribution in [-0.4, -0.2) is 61.6 Å². The molecular formula is C14H19NO7. The van der Waals surface area contributed by atoms with E-state index in [4.69, 9.17) is 4.74 Å². The summed E-state index contributed by atoms with van der Waals surface area (Å²) in [7, 11) is 2.17. The first-order valence-corrected chi connectivity index (χ1v) is 6.71. The van der Waals surface area contributed by atoms with E-state index in [0.717, 1.165) is 19.1 Å². The monoisotopic (exact) mass is 313 g/mol. The zero-order valence-corrected chi connectivity index (χ0v) is 13.2. The summed E-state index contributed by atoms with van der Waals surface area (Å²) in [6, 6.07) is -1.77. The average Bonchev–Trinajstić information content (AvgIpc) is 2.79. The minimum atomic E-state index is -1.32. The zero-order chi connectivity index (χ0) is 17.0. The molecular weight excluding hydrogens is 294 g/mol. The van der Waals surface area contributed by atoms with E-state index < -0.39 is 41.5 Å². The largest absolute Gasteiger partial charge is 0.466 e. The zero-order valence-electron chi connectivity index (χ0n) is 13.2. The number of carbonyl (C=O) groups is 4. The normalized spacial score (nSPS) is 17.8. The molecule has 0 aromatic heterocycles. The summed E-state index contributed by atoms with van der Waals surface area (Å²) in [5.41, 5.74) is -0.854. The van der Waals surface area contributed by atoms with Gasteiger partial charge in [-0.3, -0.25) is 4.79 Å². The Morgan fingerprint density at radius 2 is 1.68 bits per heavy atom. The number of ether oxygens (including phenoxy) is 3. The Hall–Kier alpha value is -2.38. The second kappa shape index (κ2) is 7.06. The molecule has 0 bridgehead atoms. The van der Waals surface area contributed by atoms with Crippen molar-refractivity contribution < 1.29 is 33.4 Å². The molecule has 1 heterocycles. The van der Waals surface area contributed by atoms with Crippen molar-refractivity contribution in [3.63, 3.8) is 0 Å². The van der Waals surface area contributed by atoms with Gasteiger partial charge in [-0.05, 0) is 20.8 Å². The minimum absolute atomic E-state index is 0.0669. The van der Waals surface area contributed by atoms with Crippen LogP contribution in [0.25, 0.3) is 0 Å². The molecule has 1 atom stereocenters. The summed E-state index contributed by atoms with van der Waals surface area (Å²) in [4.78, 5) is 49.6. The van der Waals surface area contributed by atoms with Crippen LogP contribution in [0, 0.1) is 0 Å². The van der Waals surface area contributed by atoms with Crippen molar-refractivity contribution in [1.29, 1.82) is 0 Å². The van der Waals surface area contributed by atoms with Crippen LogP contribution in [0.5, 0.6) is 0 Å². The van der Waals surface area contributed by atoms with E-state index in [-0.39, 0.29) is 12.2 Å². The molecule has 0 spiro atoms. The first kappa shape index (κ1) is 17.7. The van der Waals surface area contributed by atoms with Gasteiger partial charge in [0, 0.05) is 6.04 Å². The molecule has 122 valence electrons. The fourth-order valence-electron chi connectivity index (χ4n) is 2.25. The summed E-state index contributed by atoms with van der Waals surface area (Å²) < 4.78 is 14.1. The van der Waals surface area contributed by atoms with Crippen molar-refractivity contribution in [2.24, 2.45) is 0 Å². The van der Waals surface area contributed by atoms with Gasteiger partial charge >= 0.3 is 17.9 Å². The molecule has 1 rings (SSSR count). The smallest absolute Gasteiger partial charge is 0.344 e. The molecule has 8 nitrogen and oxygen atoms in total. The van der Waals surface area contributed by atoms with E-state index in [2.05, 4.69) is 9.47 Å². The molecule has 1 aliphatic rings. The summed E-state index contributed by atoms with van der Waals surface area (Å²) in [5.74, 6) is -3.51. The quantitative estimate of drug-likeness (QED) is 0.394. The summed E-state index contributed by atoms with van der Waals surface area (Å²) in [6.45, 7) is 4.97. The maximum Gasteiger partial charge on any atom is 0.344 e. The summed E-state index contributed by atoms with van der Waals surface area (Å²) in [6.07, 6.45) is 0. The van der Waals surface area contributed by atoms with Crippen molar-refractivity contribution in [3.05, 3.63) is 11.1 Å². The van der Waals surface area contributed by atoms with Crippen LogP contribution >= 0.6 is 0 Å². The van der Waals surface area contributed by atoms with Crippen LogP contribution in [-0.2, 0) is 33.4 Å². The Morgan fingerprint density at radius 3 is 2.09 bits per heavy atom. The van der Waals surface area contributed by atoms with Gasteiger partial charge in [0.1, 0.15) is 5.57 Å². The molecule has 1 aliphatic heterocycles. The molecule has 0 aliphatic carbocycles. The van der Waals surface area contributed by atoms with Crippen molar-refractivity contribution in [3.8, 4) is 0 Å². The standard InChI is InChI=1S/C14H19NO7/c1-6-22-14(19)10-8(12(17)20-4)9(13(18)21-5)11(16)15(10)7(2)3/h7,10H,6H2,1-5H3. The van der Waals surface area contributed by atoms with Gasteiger partial charge in [-0.1, -0.05) is 0 Å². The fourth-order valence-corrected chi connectivity index (χ4v) is 2.25. The maximum atomic E-state index is 12.4. The number of amides is 1. The number of hydrogen-bond donors (Lipinski definition) is 0. The molecule has 1 amide bonds. The van der Waals surface area contributed by atoms with Crippen LogP contribution in [0.4, 0.5) is 0 Å². The highest BCUT2D eigenvalue weighted by Crippen LogP contribution is 2.30. The van der Waals surface area contributed by atoms with Gasteiger partial charge < -0.3 is 19.1 Å². The second-order valence-corrected chi connectivity index (χ2v) is 4.73. The van der Waals surface area contributed by atoms with E-state index in [9.17, 15) is 19.2 Å². The number of methoxy groups -OCH3 is 2. The number of esters is 3. The lowest BCUT2D eigenvalue weighted by Crippen LogP contribution is -2.47. The third-order valence-electron chi connectivity index (χ3n) is 3.13. The molecule has 1 unspecified atom stereocenters. The third-order valence-corrected chi connectivity index (χ3v) is 3.13. The van der Waals surface area contributed by atoms with E-state index in [1.54, 1.807) is 20.8 Å². The lowest BCUT2D eigenvalue weighted by atomic mass is 10.0. The molecule has 0 aromatic carbocycles. The summed E-state index contributed by atoms with van der Waals surface area (Å²) >= 11 is 0. The topological polar surface area (TPSA) is 99.2 Å². The van der Waals surface area contributed by atoms with Crippen molar-refractivity contribution in [2.75, 3.05) is 20.8 Å². The molecule has 0 radical (unpaired) electrons. The van der Waals surface area contributed by atoms with Crippen molar-refractivity contribution in [1.82, 2.24) is 4.90 Å². The molecule has 8 heteroatoms. The second-order valence-electron chi connectivity index (χ2n) is 4.73. The molecule has 22 heavy (non-hydrogen) atoms. The average molecular weight is 313 g/mol. The van der Waals surface area contributed by atoms with E-state index in [1.807, 2.05) is 0 Å². The van der Waals surface area contributed by atoms with Crippen LogP contribution < -0.4 is 0 Å². The van der Waals surface area contributed by atoms with Gasteiger partial charge in [-0.15, -0.1) is 0 Å². The van der Waals surface area contributed by atoms with Gasteiger partial charge in [0.05, 0.1) is 26.4 Å². The Bertz CT molecular complexity index is 535. The molecule has 0 fully saturated rings. The third kappa shape index (κ3) is 2.95. The Kier molecular flexibility index (Phi) is 5.67. The molecule has 0 saturated heterocycles. The maximum absolute atomic E-state index is 12.4. The molecule has 0 saturated carbocycles. The lowest BCUT2D eigenvalue weighted by molar-refractivity contribution is -0.153. The Morgan fingerprint density at radius 1 is 1.14 bits per heavy atom. The first-order valence-electron chi connectivity index (χ1n) is 6.71. The SMILES string of the molecule is CCOC(=O)C1C(C(=O)OC)=C(C(=O)OC)C(=O)N1C(C)C. The fraction of sp³-hybridized carbons (Fsp3) is 0.571. The molecule has 0 aromatic rings. The minimum Gasteiger partial charge on any atom is -0.466 e. The number of hydrogen-bond acceptors (Lipinski definition) is 7. The van der Waals surface area contributed by atoms with Crippen molar-refractivity contribution in [2.45, 2.75) is 32.9 Å². The Balaban J connectivity index is 3.52. The van der Waals surface area contributed by atoms with E-state index in [1.165, 1.54) is 0 Å². The van der Waals surface area contributed by atoms with Crippen LogP contribution in [0.2, 0.25) is 0 Å². The summed E-state index contributed by atoms with van der Waals surface area (Å²) in [5, 5.41) is 0. The van der Waals surface area contributed by atoms with Gasteiger partial charge in [0.25, 0.3) is 5.91 Å². The highest BCUT2D eigenvalue weighted by molar-refractivity contribution is 6.25. The predicted octanol–water partition coefficient (Wildman–Crippen LogP) is -0.189. The van der Waals surface area contributed by atoms with Gasteiger partial charge in [-0.25, -0.2) is 14.4 Å². The number of rotatable bonds is 5. The van der Waals surface area contributed by atoms with E-state index in [0.29, 0.717) is 0 Å². The first-order chi connectivity index (χ1) is 10.3. The predicted molar refractivity (Wildman–Crippen MR) is 73.5 cm³/mol. The van der Waals surface area contributed by atoms with Gasteiger partial charge in [0.2, 0.25) is 0 Å². The van der Waals surface area contributed by atoms with Crippen molar-refractivity contribution >= 4 is 23.8 Å². The lowest BCUT2D eigenvalue weighted by Gasteiger charge is -2.28. The number of nitrogens with zero attached hydrogens (tertiary/aromatic N) is 1. The number of carbonyl (C=O) groups excluding carboxylic acids is 4. The van der Waals surface area contributed by atoms with Gasteiger partial charge in [-0.2, -0.15) is 0 Å². The highest BCUT2D eigenvalue weighted by Gasteiger charge is 2.51. The van der Waals surface area contributed by atoms with Crippen LogP contribution in [0.3, 0.4) is 0 Å². The van der Waals surface area contributed by atoms with Crippen LogP contribution in [0.1, 0.15) is 20.8 Å².